The molecular formula is C6H7F2IO2. The highest BCUT2D eigenvalue weighted by molar-refractivity contribution is 14.2. The van der Waals surface area contributed by atoms with Crippen molar-refractivity contribution >= 4 is 36.8 Å². The molecule has 64 valence electrons. The first-order chi connectivity index (χ1) is 4.90. The number of hydrogen-bond acceptors (Lipinski definition) is 2. The van der Waals surface area contributed by atoms with Crippen LogP contribution in [0.2, 0.25) is 0 Å². The van der Waals surface area contributed by atoms with Crippen LogP contribution < -0.4 is 0 Å². The standard InChI is InChI=1S/C6H7F2IO2/c1-4(10)3-5(11)6(7,8)9-2/h2-3H2,1H3. The predicted octanol–water partition coefficient (Wildman–Crippen LogP) is 1.53. The average molecular weight is 276 g/mol. The zero-order valence-corrected chi connectivity index (χ0v) is 8.02. The van der Waals surface area contributed by atoms with Crippen molar-refractivity contribution in [3.8, 4) is 0 Å². The van der Waals surface area contributed by atoms with E-state index in [1.807, 2.05) is 0 Å². The molecule has 2 nitrogen and oxygen atoms in total. The van der Waals surface area contributed by atoms with Crippen LogP contribution in [0.1, 0.15) is 13.3 Å². The summed E-state index contributed by atoms with van der Waals surface area (Å²) < 4.78 is 24.5. The molecule has 0 aliphatic rings. The molecule has 0 N–H and O–H groups in total. The molecule has 0 heterocycles. The van der Waals surface area contributed by atoms with Crippen LogP contribution in [0, 0.1) is 0 Å². The molecule has 0 aromatic heterocycles. The normalized spacial score (nSPS) is 11.2. The number of ketones is 2. The van der Waals surface area contributed by atoms with E-state index in [4.69, 9.17) is 0 Å². The van der Waals surface area contributed by atoms with Gasteiger partial charge in [-0.05, 0) is 27.7 Å². The topological polar surface area (TPSA) is 34.1 Å². The maximum Gasteiger partial charge on any atom is 0.348 e. The lowest BCUT2D eigenvalue weighted by Gasteiger charge is -2.06. The van der Waals surface area contributed by atoms with Crippen molar-refractivity contribution in [1.29, 1.82) is 0 Å². The van der Waals surface area contributed by atoms with Gasteiger partial charge >= 0.3 is 3.93 Å². The van der Waals surface area contributed by atoms with Crippen LogP contribution in [0.25, 0.3) is 0 Å². The molecule has 0 radical (unpaired) electrons. The molecule has 5 heteroatoms. The minimum Gasteiger partial charge on any atom is -0.300 e. The Hall–Kier alpha value is -0.200. The van der Waals surface area contributed by atoms with Gasteiger partial charge in [-0.3, -0.25) is 9.59 Å². The van der Waals surface area contributed by atoms with Gasteiger partial charge in [0.25, 0.3) is 0 Å². The molecule has 0 bridgehead atoms. The van der Waals surface area contributed by atoms with Crippen molar-refractivity contribution in [1.82, 2.24) is 0 Å². The summed E-state index contributed by atoms with van der Waals surface area (Å²) in [5.74, 6) is -1.83. The van der Waals surface area contributed by atoms with Gasteiger partial charge in [-0.25, -0.2) is 0 Å². The second kappa shape index (κ2) is 3.99. The van der Waals surface area contributed by atoms with E-state index in [2.05, 4.69) is 4.51 Å². The Labute approximate surface area is 72.7 Å². The molecule has 0 aromatic carbocycles. The Kier molecular flexibility index (Phi) is 3.91. The maximum absolute atomic E-state index is 12.4. The van der Waals surface area contributed by atoms with E-state index in [9.17, 15) is 18.4 Å². The van der Waals surface area contributed by atoms with Gasteiger partial charge in [0.1, 0.15) is 5.78 Å². The number of hydrogen-bond donors (Lipinski definition) is 0. The summed E-state index contributed by atoms with van der Waals surface area (Å²) in [5.41, 5.74) is 0. The Bertz CT molecular complexity index is 201. The van der Waals surface area contributed by atoms with E-state index >= 15 is 0 Å². The number of carbonyl (C=O) groups excluding carboxylic acids is 2. The predicted molar refractivity (Wildman–Crippen MR) is 46.4 cm³/mol. The Morgan fingerprint density at radius 2 is 2.00 bits per heavy atom. The van der Waals surface area contributed by atoms with Crippen LogP contribution >= 0.6 is 20.7 Å². The van der Waals surface area contributed by atoms with Crippen molar-refractivity contribution in [3.63, 3.8) is 0 Å². The van der Waals surface area contributed by atoms with E-state index in [-0.39, 0.29) is 0 Å². The lowest BCUT2D eigenvalue weighted by Crippen LogP contribution is -2.23. The van der Waals surface area contributed by atoms with Gasteiger partial charge in [0.2, 0.25) is 5.78 Å². The highest BCUT2D eigenvalue weighted by Crippen LogP contribution is 2.29. The zero-order chi connectivity index (χ0) is 9.07. The molecule has 0 aliphatic heterocycles. The van der Waals surface area contributed by atoms with Gasteiger partial charge in [-0.2, -0.15) is 8.78 Å². The van der Waals surface area contributed by atoms with Crippen molar-refractivity contribution < 1.29 is 18.4 Å². The van der Waals surface area contributed by atoms with Crippen molar-refractivity contribution in [3.05, 3.63) is 0 Å². The molecule has 0 spiro atoms. The van der Waals surface area contributed by atoms with Crippen molar-refractivity contribution in [2.45, 2.75) is 17.3 Å². The second-order valence-corrected chi connectivity index (χ2v) is 4.05. The molecule has 0 saturated carbocycles. The van der Waals surface area contributed by atoms with Gasteiger partial charge in [0, 0.05) is 0 Å². The van der Waals surface area contributed by atoms with Crippen LogP contribution in [0.15, 0.2) is 0 Å². The molecule has 0 aliphatic carbocycles. The number of alkyl halides is 3. The summed E-state index contributed by atoms with van der Waals surface area (Å²) in [4.78, 5) is 20.8. The average Bonchev–Trinajstić information content (AvgIpc) is 1.86. The van der Waals surface area contributed by atoms with Gasteiger partial charge in [-0.15, -0.1) is 0 Å². The minimum absolute atomic E-state index is 0.535. The summed E-state index contributed by atoms with van der Waals surface area (Å²) in [6, 6.07) is 0. The van der Waals surface area contributed by atoms with E-state index in [1.54, 1.807) is 0 Å². The monoisotopic (exact) mass is 276 g/mol. The van der Waals surface area contributed by atoms with Crippen LogP contribution in [0.4, 0.5) is 8.78 Å². The SMILES string of the molecule is C=IC(F)(F)C(=O)CC(C)=O. The van der Waals surface area contributed by atoms with Gasteiger partial charge in [0.15, 0.2) is 0 Å². The van der Waals surface area contributed by atoms with E-state index in [1.165, 1.54) is 0 Å². The van der Waals surface area contributed by atoms with Crippen LogP contribution in [0.5, 0.6) is 0 Å². The first kappa shape index (κ1) is 10.8. The molecule has 0 rings (SSSR count). The van der Waals surface area contributed by atoms with Crippen LogP contribution in [-0.2, 0) is 9.59 Å². The third kappa shape index (κ3) is 3.64. The van der Waals surface area contributed by atoms with E-state index < -0.39 is 42.6 Å². The highest BCUT2D eigenvalue weighted by atomic mass is 127. The molecule has 0 fully saturated rings. The fourth-order valence-corrected chi connectivity index (χ4v) is 1.02. The quantitative estimate of drug-likeness (QED) is 0.443. The first-order valence-corrected chi connectivity index (χ1v) is 5.30. The third-order valence-electron chi connectivity index (χ3n) is 0.894. The lowest BCUT2D eigenvalue weighted by atomic mass is 10.2. The summed E-state index contributed by atoms with van der Waals surface area (Å²) in [5, 5.41) is 0. The summed E-state index contributed by atoms with van der Waals surface area (Å²) in [7, 11) is 0. The molecule has 0 unspecified atom stereocenters. The Morgan fingerprint density at radius 1 is 1.55 bits per heavy atom. The molecular weight excluding hydrogens is 269 g/mol. The van der Waals surface area contributed by atoms with Crippen LogP contribution in [-0.4, -0.2) is 20.0 Å². The van der Waals surface area contributed by atoms with E-state index in [0.717, 1.165) is 6.92 Å². The highest BCUT2D eigenvalue weighted by Gasteiger charge is 2.35. The third-order valence-corrected chi connectivity index (χ3v) is 2.45. The number of halogens is 3. The maximum atomic E-state index is 12.4. The second-order valence-electron chi connectivity index (χ2n) is 1.93. The Morgan fingerprint density at radius 3 is 2.27 bits per heavy atom. The molecule has 0 saturated heterocycles. The number of carbonyl (C=O) groups is 2. The fraction of sp³-hybridized carbons (Fsp3) is 0.500. The van der Waals surface area contributed by atoms with Crippen molar-refractivity contribution in [2.24, 2.45) is 0 Å². The van der Waals surface area contributed by atoms with Gasteiger partial charge in [-0.1, -0.05) is 4.51 Å². The smallest absolute Gasteiger partial charge is 0.300 e. The fourth-order valence-electron chi connectivity index (χ4n) is 0.401. The summed E-state index contributed by atoms with van der Waals surface area (Å²) in [6.07, 6.45) is -0.678. The zero-order valence-electron chi connectivity index (χ0n) is 5.86. The van der Waals surface area contributed by atoms with Crippen molar-refractivity contribution in [2.75, 3.05) is 0 Å². The minimum atomic E-state index is -3.33. The Balaban J connectivity index is 4.24. The van der Waals surface area contributed by atoms with Gasteiger partial charge in [0.05, 0.1) is 6.42 Å². The summed E-state index contributed by atoms with van der Waals surface area (Å²) >= 11 is -1.70. The number of rotatable bonds is 4. The van der Waals surface area contributed by atoms with Crippen LogP contribution in [0.3, 0.4) is 0 Å². The molecule has 0 atom stereocenters. The molecule has 0 amide bonds. The molecule has 11 heavy (non-hydrogen) atoms. The van der Waals surface area contributed by atoms with Gasteiger partial charge < -0.3 is 0 Å². The number of Topliss-reactive ketones (excluding diaryl/α,β-unsaturated/α-hetero) is 2. The largest absolute Gasteiger partial charge is 0.348 e. The lowest BCUT2D eigenvalue weighted by molar-refractivity contribution is -0.134. The first-order valence-electron chi connectivity index (χ1n) is 2.70. The van der Waals surface area contributed by atoms with E-state index in [0.29, 0.717) is 0 Å². The summed E-state index contributed by atoms with van der Waals surface area (Å²) in [6.45, 7) is 1.11. The molecule has 0 aromatic rings.